The van der Waals surface area contributed by atoms with Crippen molar-refractivity contribution in [2.24, 2.45) is 0 Å². The van der Waals surface area contributed by atoms with Gasteiger partial charge in [-0.25, -0.2) is 0 Å². The first-order chi connectivity index (χ1) is 8.13. The van der Waals surface area contributed by atoms with Crippen LogP contribution in [0.15, 0.2) is 12.1 Å². The van der Waals surface area contributed by atoms with E-state index in [9.17, 15) is 5.11 Å². The van der Waals surface area contributed by atoms with Crippen molar-refractivity contribution in [2.45, 2.75) is 45.4 Å². The molecule has 0 radical (unpaired) electrons. The number of hydrogen-bond donors (Lipinski definition) is 1. The molecule has 1 aromatic rings. The quantitative estimate of drug-likeness (QED) is 0.902. The van der Waals surface area contributed by atoms with Gasteiger partial charge in [0.05, 0.1) is 18.7 Å². The van der Waals surface area contributed by atoms with Crippen LogP contribution in [-0.2, 0) is 10.8 Å². The van der Waals surface area contributed by atoms with Crippen molar-refractivity contribution in [2.75, 3.05) is 13.7 Å². The minimum Gasteiger partial charge on any atom is -0.495 e. The van der Waals surface area contributed by atoms with Crippen molar-refractivity contribution >= 4 is 11.6 Å². The van der Waals surface area contributed by atoms with Gasteiger partial charge in [0, 0.05) is 11.0 Å². The molecule has 0 unspecified atom stereocenters. The Hall–Kier alpha value is -0.730. The first-order valence-corrected chi connectivity index (χ1v) is 6.50. The Bertz CT molecular complexity index is 431. The maximum atomic E-state index is 9.55. The third-order valence-corrected chi connectivity index (χ3v) is 3.52. The highest BCUT2D eigenvalue weighted by Gasteiger charge is 2.28. The number of hydrogen-bond acceptors (Lipinski definition) is 2. The van der Waals surface area contributed by atoms with E-state index in [1.54, 1.807) is 7.11 Å². The summed E-state index contributed by atoms with van der Waals surface area (Å²) in [7, 11) is 1.61. The molecule has 102 valence electrons. The van der Waals surface area contributed by atoms with Crippen molar-refractivity contribution in [3.8, 4) is 5.75 Å². The second kappa shape index (κ2) is 5.10. The molecule has 3 heteroatoms. The van der Waals surface area contributed by atoms with Gasteiger partial charge >= 0.3 is 0 Å². The van der Waals surface area contributed by atoms with Crippen LogP contribution in [0.2, 0.25) is 5.02 Å². The lowest BCUT2D eigenvalue weighted by Gasteiger charge is -2.29. The molecule has 0 aromatic heterocycles. The van der Waals surface area contributed by atoms with Crippen molar-refractivity contribution in [3.63, 3.8) is 0 Å². The van der Waals surface area contributed by atoms with E-state index in [-0.39, 0.29) is 17.4 Å². The van der Waals surface area contributed by atoms with Gasteiger partial charge in [0.1, 0.15) is 5.75 Å². The van der Waals surface area contributed by atoms with Crippen LogP contribution in [0.5, 0.6) is 5.75 Å². The van der Waals surface area contributed by atoms with Crippen LogP contribution in [0.25, 0.3) is 0 Å². The first kappa shape index (κ1) is 15.3. The minimum absolute atomic E-state index is 0.0101. The van der Waals surface area contributed by atoms with E-state index < -0.39 is 0 Å². The molecule has 0 atom stereocenters. The van der Waals surface area contributed by atoms with Gasteiger partial charge in [-0.1, -0.05) is 52.3 Å². The highest BCUT2D eigenvalue weighted by Crippen LogP contribution is 2.40. The third kappa shape index (κ3) is 2.99. The second-order valence-corrected chi connectivity index (χ2v) is 6.74. The predicted octanol–water partition coefficient (Wildman–Crippen LogP) is 3.92. The van der Waals surface area contributed by atoms with Gasteiger partial charge in [-0.2, -0.15) is 0 Å². The van der Waals surface area contributed by atoms with Crippen LogP contribution in [0.3, 0.4) is 0 Å². The lowest BCUT2D eigenvalue weighted by molar-refractivity contribution is 0.214. The summed E-state index contributed by atoms with van der Waals surface area (Å²) in [5.74, 6) is 0.656. The molecule has 0 aliphatic carbocycles. The Morgan fingerprint density at radius 2 is 1.72 bits per heavy atom. The maximum Gasteiger partial charge on any atom is 0.141 e. The maximum absolute atomic E-state index is 9.55. The molecule has 0 saturated heterocycles. The van der Waals surface area contributed by atoms with Crippen LogP contribution >= 0.6 is 11.6 Å². The molecular weight excluding hydrogens is 248 g/mol. The molecule has 0 aliphatic heterocycles. The van der Waals surface area contributed by atoms with Gasteiger partial charge in [-0.3, -0.25) is 0 Å². The van der Waals surface area contributed by atoms with Crippen molar-refractivity contribution < 1.29 is 9.84 Å². The Morgan fingerprint density at radius 3 is 2.11 bits per heavy atom. The number of ether oxygens (including phenoxy) is 1. The van der Waals surface area contributed by atoms with Crippen LogP contribution < -0.4 is 4.74 Å². The Balaban J connectivity index is 3.52. The fourth-order valence-electron chi connectivity index (χ4n) is 1.82. The zero-order valence-corrected chi connectivity index (χ0v) is 12.9. The largest absolute Gasteiger partial charge is 0.495 e. The fraction of sp³-hybridized carbons (Fsp3) is 0.600. The second-order valence-electron chi connectivity index (χ2n) is 6.33. The fourth-order valence-corrected chi connectivity index (χ4v) is 2.12. The normalized spacial score (nSPS) is 12.7. The molecule has 0 spiro atoms. The summed E-state index contributed by atoms with van der Waals surface area (Å²) in [6.07, 6.45) is 0. The first-order valence-electron chi connectivity index (χ1n) is 6.13. The smallest absolute Gasteiger partial charge is 0.141 e. The molecule has 0 aliphatic rings. The van der Waals surface area contributed by atoms with E-state index in [2.05, 4.69) is 26.8 Å². The van der Waals surface area contributed by atoms with E-state index in [0.29, 0.717) is 10.8 Å². The summed E-state index contributed by atoms with van der Waals surface area (Å²) in [4.78, 5) is 0. The number of rotatable bonds is 3. The van der Waals surface area contributed by atoms with Crippen LogP contribution in [0.4, 0.5) is 0 Å². The zero-order chi connectivity index (χ0) is 14.1. The highest BCUT2D eigenvalue weighted by molar-refractivity contribution is 6.32. The molecule has 1 aromatic carbocycles. The number of aliphatic hydroxyl groups is 1. The molecule has 0 heterocycles. The van der Waals surface area contributed by atoms with Crippen LogP contribution in [-0.4, -0.2) is 18.8 Å². The third-order valence-electron chi connectivity index (χ3n) is 3.24. The summed E-state index contributed by atoms with van der Waals surface area (Å²) in [5, 5.41) is 10.2. The number of benzene rings is 1. The van der Waals surface area contributed by atoms with E-state index >= 15 is 0 Å². The van der Waals surface area contributed by atoms with Gasteiger partial charge < -0.3 is 9.84 Å². The van der Waals surface area contributed by atoms with E-state index in [4.69, 9.17) is 16.3 Å². The van der Waals surface area contributed by atoms with Gasteiger partial charge in [0.25, 0.3) is 0 Å². The molecule has 0 amide bonds. The molecule has 1 rings (SSSR count). The van der Waals surface area contributed by atoms with E-state index in [1.807, 2.05) is 19.9 Å². The average Bonchev–Trinajstić information content (AvgIpc) is 2.26. The summed E-state index contributed by atoms with van der Waals surface area (Å²) in [5.41, 5.74) is 1.72. The average molecular weight is 271 g/mol. The van der Waals surface area contributed by atoms with Crippen LogP contribution in [0, 0.1) is 0 Å². The van der Waals surface area contributed by atoms with Gasteiger partial charge in [0.2, 0.25) is 0 Å². The number of aliphatic hydroxyl groups excluding tert-OH is 1. The number of halogens is 1. The Morgan fingerprint density at radius 1 is 1.17 bits per heavy atom. The summed E-state index contributed by atoms with van der Waals surface area (Å²) in [6.45, 7) is 10.4. The van der Waals surface area contributed by atoms with Gasteiger partial charge in [0.15, 0.2) is 0 Å². The monoisotopic (exact) mass is 270 g/mol. The van der Waals surface area contributed by atoms with Crippen molar-refractivity contribution in [1.29, 1.82) is 0 Å². The lowest BCUT2D eigenvalue weighted by Crippen LogP contribution is -2.24. The standard InChI is InChI=1S/C15H23ClO2/c1-14(2,3)10-7-11(15(4,5)9-17)13(18-6)12(16)8-10/h7-8,17H,9H2,1-6H3. The topological polar surface area (TPSA) is 29.5 Å². The molecule has 2 nitrogen and oxygen atoms in total. The SMILES string of the molecule is COc1c(Cl)cc(C(C)(C)C)cc1C(C)(C)CO. The van der Waals surface area contributed by atoms with Crippen molar-refractivity contribution in [3.05, 3.63) is 28.3 Å². The molecule has 18 heavy (non-hydrogen) atoms. The lowest BCUT2D eigenvalue weighted by atomic mass is 9.79. The highest BCUT2D eigenvalue weighted by atomic mass is 35.5. The summed E-state index contributed by atoms with van der Waals surface area (Å²) < 4.78 is 5.39. The Kier molecular flexibility index (Phi) is 4.34. The minimum atomic E-state index is -0.379. The Labute approximate surface area is 115 Å². The van der Waals surface area contributed by atoms with Gasteiger partial charge in [-0.05, 0) is 17.0 Å². The van der Waals surface area contributed by atoms with E-state index in [1.165, 1.54) is 0 Å². The number of methoxy groups -OCH3 is 1. The molecule has 1 N–H and O–H groups in total. The summed E-state index contributed by atoms with van der Waals surface area (Å²) in [6, 6.07) is 4.03. The van der Waals surface area contributed by atoms with Crippen molar-refractivity contribution in [1.82, 2.24) is 0 Å². The molecular formula is C15H23ClO2. The molecule has 0 fully saturated rings. The van der Waals surface area contributed by atoms with E-state index in [0.717, 1.165) is 11.1 Å². The molecule has 0 saturated carbocycles. The predicted molar refractivity (Wildman–Crippen MR) is 76.8 cm³/mol. The molecule has 0 bridgehead atoms. The van der Waals surface area contributed by atoms with Gasteiger partial charge in [-0.15, -0.1) is 0 Å². The zero-order valence-electron chi connectivity index (χ0n) is 12.1. The van der Waals surface area contributed by atoms with Crippen LogP contribution in [0.1, 0.15) is 45.7 Å². The summed E-state index contributed by atoms with van der Waals surface area (Å²) >= 11 is 6.30.